The Morgan fingerprint density at radius 1 is 1.20 bits per heavy atom. The summed E-state index contributed by atoms with van der Waals surface area (Å²) >= 11 is 0. The molecule has 0 saturated carbocycles. The molecule has 0 aliphatic carbocycles. The maximum Gasteiger partial charge on any atom is 0.383 e. The molecule has 1 fully saturated rings. The van der Waals surface area contributed by atoms with Crippen molar-refractivity contribution in [2.45, 2.75) is 33.1 Å². The van der Waals surface area contributed by atoms with Gasteiger partial charge in [-0.25, -0.2) is 25.8 Å². The summed E-state index contributed by atoms with van der Waals surface area (Å²) in [6.45, 7) is 6.34. The van der Waals surface area contributed by atoms with Crippen LogP contribution in [-0.2, 0) is 4.79 Å². The van der Waals surface area contributed by atoms with E-state index in [1.807, 2.05) is 6.92 Å². The van der Waals surface area contributed by atoms with Gasteiger partial charge in [-0.15, -0.1) is 23.9 Å². The number of likely N-dealkylation sites (tertiary alicyclic amines) is 1. The topological polar surface area (TPSA) is 117 Å². The quantitative estimate of drug-likeness (QED) is 0.720. The predicted molar refractivity (Wildman–Crippen MR) is 72.6 cm³/mol. The Kier molecular flexibility index (Phi) is 7.68. The number of quaternary nitrogens is 1. The van der Waals surface area contributed by atoms with Gasteiger partial charge in [-0.1, -0.05) is 13.3 Å². The molecule has 0 aromatic carbocycles. The fourth-order valence-corrected chi connectivity index (χ4v) is 1.81. The van der Waals surface area contributed by atoms with Crippen LogP contribution in [-0.4, -0.2) is 25.1 Å². The molecule has 0 bridgehead atoms. The molecular formula is C13H18BN5O. The van der Waals surface area contributed by atoms with E-state index in [0.717, 1.165) is 19.5 Å². The first-order valence-electron chi connectivity index (χ1n) is 6.69. The van der Waals surface area contributed by atoms with Crippen molar-refractivity contribution in [1.29, 1.82) is 21.0 Å². The molecule has 1 rings (SSSR count). The largest absolute Gasteiger partial charge is 0.383 e. The smallest absolute Gasteiger partial charge is 0.272 e. The second kappa shape index (κ2) is 8.70. The summed E-state index contributed by atoms with van der Waals surface area (Å²) in [6, 6.07) is 0. The third kappa shape index (κ3) is 4.73. The molecule has 20 heavy (non-hydrogen) atoms. The fourth-order valence-electron chi connectivity index (χ4n) is 1.81. The molecule has 1 heterocycles. The van der Waals surface area contributed by atoms with Gasteiger partial charge in [0.2, 0.25) is 0 Å². The lowest BCUT2D eigenvalue weighted by Crippen LogP contribution is -3.12. The molecule has 0 aromatic rings. The molecule has 0 spiro atoms. The third-order valence-electron chi connectivity index (χ3n) is 3.28. The molecule has 104 valence electrons. The van der Waals surface area contributed by atoms with Gasteiger partial charge in [0.1, 0.15) is 0 Å². The van der Waals surface area contributed by atoms with Crippen LogP contribution in [0, 0.1) is 50.8 Å². The number of hydrogen-bond acceptors (Lipinski definition) is 5. The van der Waals surface area contributed by atoms with E-state index in [1.165, 1.54) is 41.6 Å². The maximum absolute atomic E-state index is 11.4. The van der Waals surface area contributed by atoms with E-state index in [1.54, 1.807) is 0 Å². The number of nitrogens with one attached hydrogen (secondary N) is 1. The Morgan fingerprint density at radius 3 is 1.95 bits per heavy atom. The molecule has 1 N–H and O–H groups in total. The van der Waals surface area contributed by atoms with Crippen molar-refractivity contribution in [2.24, 2.45) is 5.92 Å². The number of carbonyl (C=O) groups excluding carboxylic acids is 1. The van der Waals surface area contributed by atoms with Crippen LogP contribution in [0.2, 0.25) is 0 Å². The predicted octanol–water partition coefficient (Wildman–Crippen LogP) is -0.0759. The van der Waals surface area contributed by atoms with Gasteiger partial charge in [-0.2, -0.15) is 0 Å². The summed E-state index contributed by atoms with van der Waals surface area (Å²) in [7, 11) is 0. The summed E-state index contributed by atoms with van der Waals surface area (Å²) in [5.74, 6) is 6.14. The highest BCUT2D eigenvalue weighted by Crippen LogP contribution is 2.02. The van der Waals surface area contributed by atoms with Crippen LogP contribution in [0.15, 0.2) is 0 Å². The van der Waals surface area contributed by atoms with E-state index in [-0.39, 0.29) is 0 Å². The van der Waals surface area contributed by atoms with Crippen LogP contribution in [0.1, 0.15) is 33.1 Å². The Morgan fingerprint density at radius 2 is 1.70 bits per heavy atom. The van der Waals surface area contributed by atoms with Gasteiger partial charge in [-0.3, -0.25) is 4.90 Å². The highest BCUT2D eigenvalue weighted by Gasteiger charge is 2.32. The van der Waals surface area contributed by atoms with Gasteiger partial charge >= 0.3 is 12.1 Å². The van der Waals surface area contributed by atoms with Crippen molar-refractivity contribution in [3.8, 4) is 23.9 Å². The minimum atomic E-state index is -2.72. The van der Waals surface area contributed by atoms with Crippen LogP contribution in [0.3, 0.4) is 0 Å². The van der Waals surface area contributed by atoms with Crippen LogP contribution in [0.5, 0.6) is 0 Å². The van der Waals surface area contributed by atoms with Crippen LogP contribution in [0.25, 0.3) is 0 Å². The van der Waals surface area contributed by atoms with Gasteiger partial charge in [-0.05, 0) is 13.3 Å². The lowest BCUT2D eigenvalue weighted by Gasteiger charge is -2.08. The second-order valence-corrected chi connectivity index (χ2v) is 4.89. The molecule has 1 aliphatic heterocycles. The highest BCUT2D eigenvalue weighted by atomic mass is 16.2. The van der Waals surface area contributed by atoms with Crippen molar-refractivity contribution >= 4 is 12.1 Å². The van der Waals surface area contributed by atoms with E-state index in [2.05, 4.69) is 6.92 Å². The zero-order valence-electron chi connectivity index (χ0n) is 11.9. The van der Waals surface area contributed by atoms with Crippen molar-refractivity contribution in [3.05, 3.63) is 0 Å². The van der Waals surface area contributed by atoms with Crippen molar-refractivity contribution in [3.63, 3.8) is 0 Å². The summed E-state index contributed by atoms with van der Waals surface area (Å²) in [5.41, 5.74) is 0. The lowest BCUT2D eigenvalue weighted by atomic mass is 9.30. The zero-order valence-corrected chi connectivity index (χ0v) is 11.9. The van der Waals surface area contributed by atoms with E-state index < -0.39 is 6.15 Å². The van der Waals surface area contributed by atoms with Crippen molar-refractivity contribution in [2.75, 3.05) is 13.1 Å². The number of unbranched alkanes of at least 4 members (excludes halogenated alkanes) is 1. The van der Waals surface area contributed by atoms with Gasteiger partial charge in [0.05, 0.1) is 19.0 Å². The fraction of sp³-hybridized carbons (Fsp3) is 0.615. The molecule has 0 radical (unpaired) electrons. The van der Waals surface area contributed by atoms with E-state index in [4.69, 9.17) is 21.0 Å². The second-order valence-electron chi connectivity index (χ2n) is 4.89. The SMILES string of the molecule is CCCC[NH+]1CCC(C)C1=O.N#C[B-](C#N)(C#N)C#N. The molecule has 1 amide bonds. The van der Waals surface area contributed by atoms with E-state index in [0.29, 0.717) is 11.8 Å². The Balaban J connectivity index is 0.000000370. The number of hydrogen-bond donors (Lipinski definition) is 1. The van der Waals surface area contributed by atoms with Crippen molar-refractivity contribution in [1.82, 2.24) is 0 Å². The van der Waals surface area contributed by atoms with Gasteiger partial charge < -0.3 is 0 Å². The Hall–Kier alpha value is -2.35. The Bertz CT molecular complexity index is 443. The molecular weight excluding hydrogens is 253 g/mol. The highest BCUT2D eigenvalue weighted by molar-refractivity contribution is 7.05. The molecule has 7 heteroatoms. The molecule has 0 aromatic heterocycles. The number of carbonyl (C=O) groups is 1. The first kappa shape index (κ1) is 17.7. The van der Waals surface area contributed by atoms with Crippen LogP contribution >= 0.6 is 0 Å². The van der Waals surface area contributed by atoms with Crippen LogP contribution < -0.4 is 4.90 Å². The normalized spacial score (nSPS) is 20.6. The monoisotopic (exact) mass is 271 g/mol. The molecule has 6 nitrogen and oxygen atoms in total. The Labute approximate surface area is 119 Å². The standard InChI is InChI=1S/C9H17NO.C4BN4/c1-3-4-6-10-7-5-8(2)9(10)11;6-1-5(2-7,3-8)4-9/h8H,3-7H2,1-2H3;/q;-1/p+1. The molecule has 1 saturated heterocycles. The van der Waals surface area contributed by atoms with E-state index >= 15 is 0 Å². The molecule has 1 aliphatic rings. The van der Waals surface area contributed by atoms with Gasteiger partial charge in [0.25, 0.3) is 0 Å². The summed E-state index contributed by atoms with van der Waals surface area (Å²) < 4.78 is 0. The average molecular weight is 271 g/mol. The lowest BCUT2D eigenvalue weighted by molar-refractivity contribution is -0.812. The minimum Gasteiger partial charge on any atom is -0.272 e. The van der Waals surface area contributed by atoms with Gasteiger partial charge in [0.15, 0.2) is 0 Å². The first-order chi connectivity index (χ1) is 9.50. The summed E-state index contributed by atoms with van der Waals surface area (Å²) in [4.78, 5) is 12.6. The van der Waals surface area contributed by atoms with Gasteiger partial charge in [0, 0.05) is 6.42 Å². The third-order valence-corrected chi connectivity index (χ3v) is 3.28. The minimum absolute atomic E-state index is 0.321. The summed E-state index contributed by atoms with van der Waals surface area (Å²) in [5, 5.41) is 32.3. The van der Waals surface area contributed by atoms with Crippen molar-refractivity contribution < 1.29 is 9.69 Å². The van der Waals surface area contributed by atoms with Crippen LogP contribution in [0.4, 0.5) is 0 Å². The number of amides is 1. The summed E-state index contributed by atoms with van der Waals surface area (Å²) in [6.07, 6.45) is 0.761. The zero-order chi connectivity index (χ0) is 15.6. The first-order valence-corrected chi connectivity index (χ1v) is 6.69. The van der Waals surface area contributed by atoms with E-state index in [9.17, 15) is 4.79 Å². The number of nitriles is 4. The number of rotatable bonds is 3. The molecule has 2 atom stereocenters. The maximum atomic E-state index is 11.4. The number of nitrogens with zero attached hydrogens (tertiary/aromatic N) is 4. The molecule has 2 unspecified atom stereocenters. The average Bonchev–Trinajstić information content (AvgIpc) is 2.80.